The molecule has 0 spiro atoms. The van der Waals surface area contributed by atoms with Crippen LogP contribution in [0, 0.1) is 0 Å². The zero-order valence-corrected chi connectivity index (χ0v) is 12.3. The van der Waals surface area contributed by atoms with Gasteiger partial charge in [0.1, 0.15) is 0 Å². The minimum Gasteiger partial charge on any atom is -0.259 e. The summed E-state index contributed by atoms with van der Waals surface area (Å²) < 4.78 is 75.3. The predicted molar refractivity (Wildman–Crippen MR) is 77.3 cm³/mol. The molecule has 3 aromatic rings. The minimum atomic E-state index is -4.44. The highest BCUT2D eigenvalue weighted by Gasteiger charge is 2.31. The van der Waals surface area contributed by atoms with Crippen molar-refractivity contribution >= 4 is 0 Å². The second-order valence-corrected chi connectivity index (χ2v) is 5.16. The lowest BCUT2D eigenvalue weighted by Crippen LogP contribution is -2.04. The van der Waals surface area contributed by atoms with E-state index in [1.54, 1.807) is 0 Å². The van der Waals surface area contributed by atoms with Crippen molar-refractivity contribution in [3.8, 4) is 22.8 Å². The van der Waals surface area contributed by atoms with Crippen molar-refractivity contribution in [2.75, 3.05) is 0 Å². The van der Waals surface area contributed by atoms with Gasteiger partial charge in [-0.3, -0.25) is 5.10 Å². The maximum absolute atomic E-state index is 12.5. The van der Waals surface area contributed by atoms with Gasteiger partial charge in [-0.05, 0) is 24.3 Å². The first kappa shape index (κ1) is 17.0. The van der Waals surface area contributed by atoms with Crippen LogP contribution in [-0.4, -0.2) is 15.2 Å². The highest BCUT2D eigenvalue weighted by molar-refractivity contribution is 5.61. The van der Waals surface area contributed by atoms with Gasteiger partial charge in [0.05, 0.1) is 11.1 Å². The van der Waals surface area contributed by atoms with Gasteiger partial charge in [-0.1, -0.05) is 24.3 Å². The van der Waals surface area contributed by atoms with E-state index in [-0.39, 0.29) is 11.6 Å². The molecule has 130 valence electrons. The highest BCUT2D eigenvalue weighted by atomic mass is 19.4. The van der Waals surface area contributed by atoms with Gasteiger partial charge >= 0.3 is 12.4 Å². The lowest BCUT2D eigenvalue weighted by molar-refractivity contribution is -0.138. The molecule has 0 saturated heterocycles. The second-order valence-electron chi connectivity index (χ2n) is 5.16. The van der Waals surface area contributed by atoms with Crippen molar-refractivity contribution in [1.82, 2.24) is 15.2 Å². The van der Waals surface area contributed by atoms with Crippen molar-refractivity contribution in [2.45, 2.75) is 12.4 Å². The van der Waals surface area contributed by atoms with E-state index in [1.165, 1.54) is 24.3 Å². The molecule has 0 atom stereocenters. The van der Waals surface area contributed by atoms with Gasteiger partial charge in [0, 0.05) is 11.1 Å². The third-order valence-corrected chi connectivity index (χ3v) is 3.44. The fourth-order valence-corrected chi connectivity index (χ4v) is 2.15. The maximum atomic E-state index is 12.5. The van der Waals surface area contributed by atoms with Gasteiger partial charge in [0.25, 0.3) is 0 Å². The van der Waals surface area contributed by atoms with Crippen LogP contribution in [0.4, 0.5) is 26.3 Å². The summed E-state index contributed by atoms with van der Waals surface area (Å²) in [5.41, 5.74) is -0.866. The van der Waals surface area contributed by atoms with Crippen molar-refractivity contribution in [3.63, 3.8) is 0 Å². The van der Waals surface area contributed by atoms with Gasteiger partial charge in [-0.2, -0.15) is 31.4 Å². The molecule has 9 heteroatoms. The Kier molecular flexibility index (Phi) is 4.02. The Bertz CT molecular complexity index is 789. The van der Waals surface area contributed by atoms with Crippen LogP contribution in [0.15, 0.2) is 48.5 Å². The SMILES string of the molecule is FC(F)(F)c1ccc(-c2n[nH]c(-c3ccc(C(F)(F)F)cc3)n2)cc1. The molecule has 0 aliphatic heterocycles. The molecule has 0 bridgehead atoms. The Labute approximate surface area is 137 Å². The molecule has 1 heterocycles. The molecule has 25 heavy (non-hydrogen) atoms. The van der Waals surface area contributed by atoms with Crippen molar-refractivity contribution in [1.29, 1.82) is 0 Å². The lowest BCUT2D eigenvalue weighted by atomic mass is 10.1. The Morgan fingerprint density at radius 3 is 1.52 bits per heavy atom. The quantitative estimate of drug-likeness (QED) is 0.643. The predicted octanol–water partition coefficient (Wildman–Crippen LogP) is 5.18. The highest BCUT2D eigenvalue weighted by Crippen LogP contribution is 2.32. The van der Waals surface area contributed by atoms with Gasteiger partial charge in [-0.15, -0.1) is 0 Å². The van der Waals surface area contributed by atoms with Crippen LogP contribution in [0.25, 0.3) is 22.8 Å². The Morgan fingerprint density at radius 2 is 1.08 bits per heavy atom. The fourth-order valence-electron chi connectivity index (χ4n) is 2.15. The van der Waals surface area contributed by atoms with Crippen molar-refractivity contribution in [2.24, 2.45) is 0 Å². The zero-order chi connectivity index (χ0) is 18.2. The number of H-pyrrole nitrogens is 1. The molecule has 0 fully saturated rings. The standard InChI is InChI=1S/C16H9F6N3/c17-15(18,19)11-5-1-9(2-6-11)13-23-14(25-24-13)10-3-7-12(8-4-10)16(20,21)22/h1-8H,(H,23,24,25). The Balaban J connectivity index is 1.85. The van der Waals surface area contributed by atoms with E-state index in [9.17, 15) is 26.3 Å². The van der Waals surface area contributed by atoms with E-state index in [2.05, 4.69) is 15.2 Å². The number of alkyl halides is 6. The summed E-state index contributed by atoms with van der Waals surface area (Å²) in [5.74, 6) is 0.354. The smallest absolute Gasteiger partial charge is 0.259 e. The summed E-state index contributed by atoms with van der Waals surface area (Å²) in [6, 6.07) is 8.56. The van der Waals surface area contributed by atoms with E-state index in [1.807, 2.05) is 0 Å². The molecule has 0 aliphatic rings. The molecule has 2 aromatic carbocycles. The molecule has 0 unspecified atom stereocenters. The molecule has 0 aliphatic carbocycles. The molecule has 0 amide bonds. The molecule has 0 radical (unpaired) electrons. The van der Waals surface area contributed by atoms with E-state index in [0.29, 0.717) is 11.1 Å². The molecule has 3 rings (SSSR count). The molecule has 1 aromatic heterocycles. The fraction of sp³-hybridized carbons (Fsp3) is 0.125. The first-order valence-electron chi connectivity index (χ1n) is 6.92. The summed E-state index contributed by atoms with van der Waals surface area (Å²) in [4.78, 5) is 4.11. The van der Waals surface area contributed by atoms with Crippen LogP contribution in [0.3, 0.4) is 0 Å². The number of hydrogen-bond donors (Lipinski definition) is 1. The van der Waals surface area contributed by atoms with Crippen LogP contribution >= 0.6 is 0 Å². The molecule has 0 saturated carbocycles. The van der Waals surface area contributed by atoms with E-state index >= 15 is 0 Å². The number of nitrogens with zero attached hydrogens (tertiary/aromatic N) is 2. The third-order valence-electron chi connectivity index (χ3n) is 3.44. The van der Waals surface area contributed by atoms with Gasteiger partial charge < -0.3 is 0 Å². The third kappa shape index (κ3) is 3.65. The maximum Gasteiger partial charge on any atom is 0.416 e. The summed E-state index contributed by atoms with van der Waals surface area (Å²) in [7, 11) is 0. The van der Waals surface area contributed by atoms with Gasteiger partial charge in [0.15, 0.2) is 11.6 Å². The van der Waals surface area contributed by atoms with Crippen molar-refractivity contribution < 1.29 is 26.3 Å². The van der Waals surface area contributed by atoms with Gasteiger partial charge in [0.2, 0.25) is 0 Å². The van der Waals surface area contributed by atoms with E-state index < -0.39 is 23.5 Å². The number of benzene rings is 2. The largest absolute Gasteiger partial charge is 0.416 e. The molecule has 3 nitrogen and oxygen atoms in total. The topological polar surface area (TPSA) is 41.6 Å². The second kappa shape index (κ2) is 5.91. The van der Waals surface area contributed by atoms with E-state index in [0.717, 1.165) is 24.3 Å². The van der Waals surface area contributed by atoms with Crippen LogP contribution < -0.4 is 0 Å². The monoisotopic (exact) mass is 357 g/mol. The minimum absolute atomic E-state index is 0.142. The first-order chi connectivity index (χ1) is 11.6. The first-order valence-corrected chi connectivity index (χ1v) is 6.92. The van der Waals surface area contributed by atoms with Crippen LogP contribution in [0.2, 0.25) is 0 Å². The lowest BCUT2D eigenvalue weighted by Gasteiger charge is -2.06. The number of halogens is 6. The molecule has 1 N–H and O–H groups in total. The number of aromatic nitrogens is 3. The van der Waals surface area contributed by atoms with Crippen LogP contribution in [0.5, 0.6) is 0 Å². The summed E-state index contributed by atoms with van der Waals surface area (Å²) in [5, 5.41) is 6.45. The number of aromatic amines is 1. The number of rotatable bonds is 2. The normalized spacial score (nSPS) is 12.4. The van der Waals surface area contributed by atoms with Crippen LogP contribution in [-0.2, 0) is 12.4 Å². The summed E-state index contributed by atoms with van der Waals surface area (Å²) in [6.07, 6.45) is -8.88. The molecular formula is C16H9F6N3. The zero-order valence-electron chi connectivity index (χ0n) is 12.3. The average Bonchev–Trinajstić information content (AvgIpc) is 3.03. The average molecular weight is 357 g/mol. The Morgan fingerprint density at radius 1 is 0.640 bits per heavy atom. The Hall–Kier alpha value is -2.84. The van der Waals surface area contributed by atoms with E-state index in [4.69, 9.17) is 0 Å². The van der Waals surface area contributed by atoms with Gasteiger partial charge in [-0.25, -0.2) is 4.98 Å². The van der Waals surface area contributed by atoms with Crippen LogP contribution in [0.1, 0.15) is 11.1 Å². The number of hydrogen-bond acceptors (Lipinski definition) is 2. The number of nitrogens with one attached hydrogen (secondary N) is 1. The molecular weight excluding hydrogens is 348 g/mol. The summed E-state index contributed by atoms with van der Waals surface area (Å²) >= 11 is 0. The van der Waals surface area contributed by atoms with Crippen molar-refractivity contribution in [3.05, 3.63) is 59.7 Å². The summed E-state index contributed by atoms with van der Waals surface area (Å²) in [6.45, 7) is 0.